The summed E-state index contributed by atoms with van der Waals surface area (Å²) in [6.45, 7) is 6.73. The summed E-state index contributed by atoms with van der Waals surface area (Å²) in [6, 6.07) is 0.484. The number of amides is 1. The van der Waals surface area contributed by atoms with Crippen LogP contribution in [0.1, 0.15) is 52.4 Å². The number of thioether (sulfide) groups is 1. The van der Waals surface area contributed by atoms with Crippen molar-refractivity contribution in [1.29, 1.82) is 0 Å². The zero-order chi connectivity index (χ0) is 15.2. The van der Waals surface area contributed by atoms with Crippen LogP contribution < -0.4 is 5.32 Å². The lowest BCUT2D eigenvalue weighted by molar-refractivity contribution is -0.133. The van der Waals surface area contributed by atoms with E-state index in [0.29, 0.717) is 23.8 Å². The number of carbonyl (C=O) groups excluding carboxylic acids is 1. The van der Waals surface area contributed by atoms with Gasteiger partial charge in [-0.2, -0.15) is 11.8 Å². The molecule has 1 amide bonds. The molecule has 1 saturated carbocycles. The molecule has 1 aliphatic carbocycles. The third-order valence-electron chi connectivity index (χ3n) is 5.34. The van der Waals surface area contributed by atoms with Crippen LogP contribution in [0.3, 0.4) is 0 Å². The Kier molecular flexibility index (Phi) is 6.87. The summed E-state index contributed by atoms with van der Waals surface area (Å²) < 4.78 is 0. The zero-order valence-electron chi connectivity index (χ0n) is 13.9. The Morgan fingerprint density at radius 1 is 1.38 bits per heavy atom. The van der Waals surface area contributed by atoms with Crippen LogP contribution in [-0.4, -0.2) is 48.0 Å². The fourth-order valence-corrected chi connectivity index (χ4v) is 4.94. The van der Waals surface area contributed by atoms with Gasteiger partial charge in [-0.25, -0.2) is 0 Å². The maximum absolute atomic E-state index is 12.5. The normalized spacial score (nSPS) is 31.1. The van der Waals surface area contributed by atoms with Crippen LogP contribution in [0.25, 0.3) is 0 Å². The van der Waals surface area contributed by atoms with E-state index in [4.69, 9.17) is 0 Å². The van der Waals surface area contributed by atoms with E-state index in [2.05, 4.69) is 35.8 Å². The highest BCUT2D eigenvalue weighted by Crippen LogP contribution is 2.33. The molecular formula is C17H32N2OS. The molecule has 4 unspecified atom stereocenters. The highest BCUT2D eigenvalue weighted by Gasteiger charge is 2.31. The Bertz CT molecular complexity index is 331. The molecule has 0 bridgehead atoms. The van der Waals surface area contributed by atoms with E-state index in [1.54, 1.807) is 0 Å². The third kappa shape index (κ3) is 4.88. The van der Waals surface area contributed by atoms with E-state index in [-0.39, 0.29) is 0 Å². The summed E-state index contributed by atoms with van der Waals surface area (Å²) in [5, 5.41) is 4.24. The molecule has 122 valence electrons. The van der Waals surface area contributed by atoms with Crippen molar-refractivity contribution in [3.63, 3.8) is 0 Å². The van der Waals surface area contributed by atoms with Crippen molar-refractivity contribution in [2.45, 2.75) is 63.7 Å². The molecule has 2 rings (SSSR count). The molecule has 21 heavy (non-hydrogen) atoms. The quantitative estimate of drug-likeness (QED) is 0.818. The van der Waals surface area contributed by atoms with Crippen molar-refractivity contribution in [3.8, 4) is 0 Å². The van der Waals surface area contributed by atoms with E-state index in [0.717, 1.165) is 24.8 Å². The van der Waals surface area contributed by atoms with Gasteiger partial charge >= 0.3 is 0 Å². The molecule has 0 aromatic rings. The van der Waals surface area contributed by atoms with Crippen LogP contribution in [0.5, 0.6) is 0 Å². The summed E-state index contributed by atoms with van der Waals surface area (Å²) in [4.78, 5) is 14.6. The fourth-order valence-electron chi connectivity index (χ4n) is 3.81. The number of carbonyl (C=O) groups is 1. The molecule has 1 heterocycles. The minimum absolute atomic E-state index is 0.361. The van der Waals surface area contributed by atoms with Crippen molar-refractivity contribution >= 4 is 17.7 Å². The van der Waals surface area contributed by atoms with Crippen LogP contribution in [0.4, 0.5) is 0 Å². The Balaban J connectivity index is 1.76. The van der Waals surface area contributed by atoms with Crippen molar-refractivity contribution in [3.05, 3.63) is 0 Å². The van der Waals surface area contributed by atoms with Crippen molar-refractivity contribution < 1.29 is 4.79 Å². The molecule has 2 aliphatic rings. The fraction of sp³-hybridized carbons (Fsp3) is 0.941. The molecule has 4 atom stereocenters. The Morgan fingerprint density at radius 3 is 2.86 bits per heavy atom. The minimum Gasteiger partial charge on any atom is -0.343 e. The molecule has 0 spiro atoms. The molecule has 0 aromatic carbocycles. The zero-order valence-corrected chi connectivity index (χ0v) is 14.8. The maximum Gasteiger partial charge on any atom is 0.222 e. The first-order valence-corrected chi connectivity index (χ1v) is 9.74. The van der Waals surface area contributed by atoms with Gasteiger partial charge in [0.05, 0.1) is 0 Å². The Hall–Kier alpha value is -0.220. The standard InChI is InChI=1S/C17H32N2OS/c1-4-21-16-8-7-15(11-16)19(3)17(20)10-13(2)14-6-5-9-18-12-14/h13-16,18H,4-12H2,1-3H3. The topological polar surface area (TPSA) is 32.3 Å². The first-order chi connectivity index (χ1) is 10.1. The number of nitrogens with one attached hydrogen (secondary N) is 1. The third-order valence-corrected chi connectivity index (χ3v) is 6.57. The first-order valence-electron chi connectivity index (χ1n) is 8.69. The van der Waals surface area contributed by atoms with Gasteiger partial charge in [-0.15, -0.1) is 0 Å². The molecule has 1 aliphatic heterocycles. The van der Waals surface area contributed by atoms with Crippen LogP contribution in [-0.2, 0) is 4.79 Å². The molecule has 2 fully saturated rings. The molecule has 0 radical (unpaired) electrons. The Labute approximate surface area is 134 Å². The monoisotopic (exact) mass is 312 g/mol. The average molecular weight is 313 g/mol. The van der Waals surface area contributed by atoms with Crippen molar-refractivity contribution in [2.75, 3.05) is 25.9 Å². The van der Waals surface area contributed by atoms with Crippen LogP contribution >= 0.6 is 11.8 Å². The predicted octanol–water partition coefficient (Wildman–Crippen LogP) is 3.14. The summed E-state index contributed by atoms with van der Waals surface area (Å²) in [7, 11) is 2.03. The molecule has 0 aromatic heterocycles. The SMILES string of the molecule is CCSC1CCC(N(C)C(=O)CC(C)C2CCCNC2)C1. The highest BCUT2D eigenvalue weighted by molar-refractivity contribution is 7.99. The van der Waals surface area contributed by atoms with Crippen molar-refractivity contribution in [2.24, 2.45) is 11.8 Å². The predicted molar refractivity (Wildman–Crippen MR) is 91.7 cm³/mol. The van der Waals surface area contributed by atoms with Gasteiger partial charge in [0.15, 0.2) is 0 Å². The van der Waals surface area contributed by atoms with E-state index in [9.17, 15) is 4.79 Å². The lowest BCUT2D eigenvalue weighted by atomic mass is 9.85. The second-order valence-corrected chi connectivity index (χ2v) is 8.41. The van der Waals surface area contributed by atoms with Gasteiger partial charge in [-0.05, 0) is 62.8 Å². The summed E-state index contributed by atoms with van der Waals surface area (Å²) in [6.07, 6.45) is 6.94. The van der Waals surface area contributed by atoms with Gasteiger partial charge < -0.3 is 10.2 Å². The van der Waals surface area contributed by atoms with Gasteiger partial charge in [0, 0.05) is 24.8 Å². The van der Waals surface area contributed by atoms with Gasteiger partial charge in [0.25, 0.3) is 0 Å². The van der Waals surface area contributed by atoms with Crippen LogP contribution in [0.2, 0.25) is 0 Å². The maximum atomic E-state index is 12.5. The summed E-state index contributed by atoms with van der Waals surface area (Å²) in [5.41, 5.74) is 0. The molecule has 1 saturated heterocycles. The molecular weight excluding hydrogens is 280 g/mol. The molecule has 4 heteroatoms. The summed E-state index contributed by atoms with van der Waals surface area (Å²) in [5.74, 6) is 2.75. The van der Waals surface area contributed by atoms with Crippen molar-refractivity contribution in [1.82, 2.24) is 10.2 Å². The lowest BCUT2D eigenvalue weighted by Crippen LogP contribution is -2.39. The van der Waals surface area contributed by atoms with Gasteiger partial charge in [-0.3, -0.25) is 4.79 Å². The lowest BCUT2D eigenvalue weighted by Gasteiger charge is -2.31. The highest BCUT2D eigenvalue weighted by atomic mass is 32.2. The molecule has 1 N–H and O–H groups in total. The van der Waals surface area contributed by atoms with E-state index >= 15 is 0 Å². The van der Waals surface area contributed by atoms with Crippen LogP contribution in [0, 0.1) is 11.8 Å². The second kappa shape index (κ2) is 8.42. The van der Waals surface area contributed by atoms with Crippen LogP contribution in [0.15, 0.2) is 0 Å². The smallest absolute Gasteiger partial charge is 0.222 e. The van der Waals surface area contributed by atoms with E-state index in [1.807, 2.05) is 7.05 Å². The number of hydrogen-bond donors (Lipinski definition) is 1. The van der Waals surface area contributed by atoms with Gasteiger partial charge in [-0.1, -0.05) is 13.8 Å². The summed E-state index contributed by atoms with van der Waals surface area (Å²) >= 11 is 2.06. The largest absolute Gasteiger partial charge is 0.343 e. The number of rotatable bonds is 6. The number of piperidine rings is 1. The van der Waals surface area contributed by atoms with Gasteiger partial charge in [0.1, 0.15) is 0 Å². The second-order valence-electron chi connectivity index (χ2n) is 6.84. The number of nitrogens with zero attached hydrogens (tertiary/aromatic N) is 1. The average Bonchev–Trinajstić information content (AvgIpc) is 2.96. The first kappa shape index (κ1) is 17.1. The van der Waals surface area contributed by atoms with Gasteiger partial charge in [0.2, 0.25) is 5.91 Å². The van der Waals surface area contributed by atoms with E-state index in [1.165, 1.54) is 37.9 Å². The Morgan fingerprint density at radius 2 is 2.19 bits per heavy atom. The molecule has 3 nitrogen and oxygen atoms in total. The van der Waals surface area contributed by atoms with E-state index < -0.39 is 0 Å². The minimum atomic E-state index is 0.361. The number of hydrogen-bond acceptors (Lipinski definition) is 3.